The molecule has 0 fully saturated rings. The van der Waals surface area contributed by atoms with Crippen molar-refractivity contribution in [2.24, 2.45) is 0 Å². The lowest BCUT2D eigenvalue weighted by atomic mass is 10.2. The maximum atomic E-state index is 13.4. The first-order valence-electron chi connectivity index (χ1n) is 8.68. The Bertz CT molecular complexity index is 1100. The number of aromatic nitrogens is 1. The molecule has 1 unspecified atom stereocenters. The van der Waals surface area contributed by atoms with Crippen molar-refractivity contribution in [1.82, 2.24) is 4.98 Å². The Balaban J connectivity index is 1.56. The number of amides is 1. The minimum Gasteiger partial charge on any atom is -0.449 e. The van der Waals surface area contributed by atoms with Crippen LogP contribution < -0.4 is 5.32 Å². The van der Waals surface area contributed by atoms with Gasteiger partial charge in [0.05, 0.1) is 5.69 Å². The van der Waals surface area contributed by atoms with Crippen LogP contribution in [-0.2, 0) is 14.3 Å². The summed E-state index contributed by atoms with van der Waals surface area (Å²) in [6.07, 6.45) is 1.45. The molecule has 1 heterocycles. The van der Waals surface area contributed by atoms with Gasteiger partial charge >= 0.3 is 5.97 Å². The molecule has 0 aliphatic rings. The SMILES string of the molecule is CC(OC(=O)/C=C/c1ccc(F)cc1)C(=O)Nc1nc(-c2ccc(F)c(F)c2)cs1. The summed E-state index contributed by atoms with van der Waals surface area (Å²) in [4.78, 5) is 28.2. The van der Waals surface area contributed by atoms with E-state index in [0.717, 1.165) is 29.5 Å². The molecule has 0 saturated heterocycles. The topological polar surface area (TPSA) is 68.3 Å². The van der Waals surface area contributed by atoms with E-state index in [1.807, 2.05) is 0 Å². The van der Waals surface area contributed by atoms with Crippen LogP contribution in [0, 0.1) is 17.5 Å². The molecule has 3 rings (SSSR count). The van der Waals surface area contributed by atoms with E-state index in [1.165, 1.54) is 43.3 Å². The van der Waals surface area contributed by atoms with Crippen LogP contribution in [0.15, 0.2) is 53.9 Å². The molecule has 1 aromatic heterocycles. The summed E-state index contributed by atoms with van der Waals surface area (Å²) < 4.78 is 44.3. The molecule has 5 nitrogen and oxygen atoms in total. The van der Waals surface area contributed by atoms with Crippen molar-refractivity contribution in [2.75, 3.05) is 5.32 Å². The fourth-order valence-electron chi connectivity index (χ4n) is 2.33. The molecule has 1 amide bonds. The van der Waals surface area contributed by atoms with Crippen molar-refractivity contribution in [2.45, 2.75) is 13.0 Å². The van der Waals surface area contributed by atoms with Crippen LogP contribution in [0.2, 0.25) is 0 Å². The van der Waals surface area contributed by atoms with E-state index in [1.54, 1.807) is 5.38 Å². The predicted molar refractivity (Wildman–Crippen MR) is 107 cm³/mol. The average Bonchev–Trinajstić information content (AvgIpc) is 3.18. The van der Waals surface area contributed by atoms with Crippen molar-refractivity contribution in [3.05, 3.63) is 76.9 Å². The third-order valence-corrected chi connectivity index (χ3v) is 4.65. The Labute approximate surface area is 173 Å². The van der Waals surface area contributed by atoms with Gasteiger partial charge in [0.2, 0.25) is 0 Å². The first-order chi connectivity index (χ1) is 14.3. The summed E-state index contributed by atoms with van der Waals surface area (Å²) >= 11 is 1.08. The monoisotopic (exact) mass is 432 g/mol. The lowest BCUT2D eigenvalue weighted by molar-refractivity contribution is -0.148. The zero-order chi connectivity index (χ0) is 21.7. The Morgan fingerprint density at radius 3 is 2.53 bits per heavy atom. The molecule has 0 aliphatic heterocycles. The summed E-state index contributed by atoms with van der Waals surface area (Å²) in [7, 11) is 0. The fourth-order valence-corrected chi connectivity index (χ4v) is 3.05. The maximum absolute atomic E-state index is 13.4. The Kier molecular flexibility index (Phi) is 6.63. The highest BCUT2D eigenvalue weighted by molar-refractivity contribution is 7.14. The quantitative estimate of drug-likeness (QED) is 0.448. The van der Waals surface area contributed by atoms with Crippen molar-refractivity contribution in [1.29, 1.82) is 0 Å². The summed E-state index contributed by atoms with van der Waals surface area (Å²) in [5.41, 5.74) is 1.31. The number of carbonyl (C=O) groups is 2. The third-order valence-electron chi connectivity index (χ3n) is 3.89. The molecule has 2 aromatic carbocycles. The average molecular weight is 432 g/mol. The van der Waals surface area contributed by atoms with Crippen molar-refractivity contribution < 1.29 is 27.5 Å². The van der Waals surface area contributed by atoms with Gasteiger partial charge in [0.25, 0.3) is 5.91 Å². The molecular formula is C21H15F3N2O3S. The minimum atomic E-state index is -1.11. The molecule has 0 spiro atoms. The van der Waals surface area contributed by atoms with Gasteiger partial charge in [-0.05, 0) is 48.9 Å². The van der Waals surface area contributed by atoms with Gasteiger partial charge in [0, 0.05) is 17.0 Å². The van der Waals surface area contributed by atoms with E-state index < -0.39 is 35.4 Å². The van der Waals surface area contributed by atoms with E-state index in [-0.39, 0.29) is 5.13 Å². The van der Waals surface area contributed by atoms with E-state index >= 15 is 0 Å². The highest BCUT2D eigenvalue weighted by atomic mass is 32.1. The molecule has 154 valence electrons. The second-order valence-electron chi connectivity index (χ2n) is 6.12. The van der Waals surface area contributed by atoms with Crippen LogP contribution in [0.1, 0.15) is 12.5 Å². The zero-order valence-corrected chi connectivity index (χ0v) is 16.4. The summed E-state index contributed by atoms with van der Waals surface area (Å²) in [5.74, 6) is -3.71. The molecule has 0 saturated carbocycles. The van der Waals surface area contributed by atoms with Crippen molar-refractivity contribution >= 4 is 34.4 Å². The van der Waals surface area contributed by atoms with Gasteiger partial charge in [-0.25, -0.2) is 22.9 Å². The Morgan fingerprint density at radius 2 is 1.83 bits per heavy atom. The number of anilines is 1. The van der Waals surface area contributed by atoms with Crippen molar-refractivity contribution in [3.63, 3.8) is 0 Å². The number of rotatable bonds is 6. The molecule has 0 bridgehead atoms. The number of hydrogen-bond donors (Lipinski definition) is 1. The number of benzene rings is 2. The van der Waals surface area contributed by atoms with Gasteiger partial charge in [-0.1, -0.05) is 12.1 Å². The molecule has 9 heteroatoms. The zero-order valence-electron chi connectivity index (χ0n) is 15.6. The first-order valence-corrected chi connectivity index (χ1v) is 9.56. The number of ether oxygens (including phenoxy) is 1. The highest BCUT2D eigenvalue weighted by Gasteiger charge is 2.18. The third kappa shape index (κ3) is 5.54. The van der Waals surface area contributed by atoms with Crippen molar-refractivity contribution in [3.8, 4) is 11.3 Å². The molecule has 1 atom stereocenters. The van der Waals surface area contributed by atoms with E-state index in [9.17, 15) is 22.8 Å². The molecule has 0 radical (unpaired) electrons. The fraction of sp³-hybridized carbons (Fsp3) is 0.0952. The molecule has 1 N–H and O–H groups in total. The van der Waals surface area contributed by atoms with E-state index in [4.69, 9.17) is 4.74 Å². The lowest BCUT2D eigenvalue weighted by Gasteiger charge is -2.10. The second-order valence-corrected chi connectivity index (χ2v) is 6.98. The number of carbonyl (C=O) groups excluding carboxylic acids is 2. The number of halogens is 3. The van der Waals surface area contributed by atoms with E-state index in [2.05, 4.69) is 10.3 Å². The number of hydrogen-bond acceptors (Lipinski definition) is 5. The predicted octanol–water partition coefficient (Wildman–Crippen LogP) is 4.81. The largest absolute Gasteiger partial charge is 0.449 e. The van der Waals surface area contributed by atoms with E-state index in [0.29, 0.717) is 16.8 Å². The number of nitrogens with zero attached hydrogens (tertiary/aromatic N) is 1. The van der Waals surface area contributed by atoms with Crippen LogP contribution >= 0.6 is 11.3 Å². The number of nitrogens with one attached hydrogen (secondary N) is 1. The molecule has 3 aromatic rings. The van der Waals surface area contributed by atoms with Crippen LogP contribution in [0.4, 0.5) is 18.3 Å². The van der Waals surface area contributed by atoms with Gasteiger partial charge in [0.15, 0.2) is 22.9 Å². The molecule has 0 aliphatic carbocycles. The Morgan fingerprint density at radius 1 is 1.10 bits per heavy atom. The first kappa shape index (κ1) is 21.3. The van der Waals surface area contributed by atoms with Gasteiger partial charge in [-0.2, -0.15) is 0 Å². The lowest BCUT2D eigenvalue weighted by Crippen LogP contribution is -2.29. The molecular weight excluding hydrogens is 417 g/mol. The normalized spacial score (nSPS) is 12.0. The number of thiazole rings is 1. The van der Waals surface area contributed by atoms with Gasteiger partial charge in [0.1, 0.15) is 5.82 Å². The van der Waals surface area contributed by atoms with Gasteiger partial charge in [-0.15, -0.1) is 11.3 Å². The number of esters is 1. The van der Waals surface area contributed by atoms with Crippen LogP contribution in [0.3, 0.4) is 0 Å². The summed E-state index contributed by atoms with van der Waals surface area (Å²) in [6, 6.07) is 8.85. The van der Waals surface area contributed by atoms with Gasteiger partial charge in [-0.3, -0.25) is 10.1 Å². The highest BCUT2D eigenvalue weighted by Crippen LogP contribution is 2.26. The molecule has 30 heavy (non-hydrogen) atoms. The minimum absolute atomic E-state index is 0.212. The standard InChI is InChI=1S/C21H15F3N2O3S/c1-12(29-19(27)9-4-13-2-6-15(22)7-3-13)20(28)26-21-25-18(11-30-21)14-5-8-16(23)17(24)10-14/h2-12H,1H3,(H,25,26,28)/b9-4+. The second kappa shape index (κ2) is 9.36. The van der Waals surface area contributed by atoms with Crippen LogP contribution in [0.25, 0.3) is 17.3 Å². The van der Waals surface area contributed by atoms with Crippen LogP contribution in [-0.4, -0.2) is 23.0 Å². The van der Waals surface area contributed by atoms with Gasteiger partial charge < -0.3 is 4.74 Å². The summed E-state index contributed by atoms with van der Waals surface area (Å²) in [5, 5.41) is 4.29. The van der Waals surface area contributed by atoms with Crippen LogP contribution in [0.5, 0.6) is 0 Å². The smallest absolute Gasteiger partial charge is 0.331 e. The maximum Gasteiger partial charge on any atom is 0.331 e. The Hall–Kier alpha value is -3.46. The summed E-state index contributed by atoms with van der Waals surface area (Å²) in [6.45, 7) is 1.39.